The molecule has 0 radical (unpaired) electrons. The third kappa shape index (κ3) is 6.78. The average molecular weight is 534 g/mol. The highest BCUT2D eigenvalue weighted by atomic mass is 16.5. The smallest absolute Gasteiger partial charge is 0.339 e. The number of carbonyl (C=O) groups excluding carboxylic acids is 2. The maximum atomic E-state index is 13.2. The number of nitrogens with one attached hydrogen (secondary N) is 2. The number of aryl methyl sites for hydroxylation is 1. The van der Waals surface area contributed by atoms with E-state index in [1.54, 1.807) is 23.1 Å². The predicted molar refractivity (Wildman–Crippen MR) is 146 cm³/mol. The Kier molecular flexibility index (Phi) is 8.55. The lowest BCUT2D eigenvalue weighted by molar-refractivity contribution is -0.131. The molecule has 4 rings (SSSR count). The summed E-state index contributed by atoms with van der Waals surface area (Å²) in [5.41, 5.74) is 2.68. The van der Waals surface area contributed by atoms with Gasteiger partial charge in [-0.2, -0.15) is 0 Å². The molecule has 1 aliphatic rings. The number of urea groups is 1. The number of para-hydroxylation sites is 1. The number of amides is 3. The number of methoxy groups -OCH3 is 1. The Morgan fingerprint density at radius 3 is 2.51 bits per heavy atom. The Morgan fingerprint density at radius 1 is 1.00 bits per heavy atom. The van der Waals surface area contributed by atoms with Gasteiger partial charge in [0.1, 0.15) is 29.4 Å². The zero-order valence-corrected chi connectivity index (χ0v) is 21.8. The number of phenols is 1. The fraction of sp³-hybridized carbons (Fsp3) is 0.276. The molecule has 0 saturated carbocycles. The Morgan fingerprint density at radius 2 is 1.77 bits per heavy atom. The molecule has 1 heterocycles. The van der Waals surface area contributed by atoms with Crippen LogP contribution in [0, 0.1) is 6.92 Å². The van der Waals surface area contributed by atoms with E-state index in [2.05, 4.69) is 10.6 Å². The second-order valence-electron chi connectivity index (χ2n) is 9.29. The number of carboxylic acid groups (broad SMARTS) is 1. The first kappa shape index (κ1) is 27.3. The van der Waals surface area contributed by atoms with Crippen molar-refractivity contribution in [2.24, 2.45) is 0 Å². The molecule has 0 bridgehead atoms. The Balaban J connectivity index is 1.38. The molecule has 1 aliphatic heterocycles. The van der Waals surface area contributed by atoms with Crippen molar-refractivity contribution in [2.75, 3.05) is 30.9 Å². The summed E-state index contributed by atoms with van der Waals surface area (Å²) in [6.07, 6.45) is 1.67. The van der Waals surface area contributed by atoms with Gasteiger partial charge in [-0.1, -0.05) is 24.3 Å². The van der Waals surface area contributed by atoms with E-state index in [0.717, 1.165) is 30.0 Å². The van der Waals surface area contributed by atoms with Crippen molar-refractivity contribution in [3.63, 3.8) is 0 Å². The number of carbonyl (C=O) groups is 3. The van der Waals surface area contributed by atoms with Crippen LogP contribution in [0.1, 0.15) is 34.3 Å². The zero-order chi connectivity index (χ0) is 27.9. The standard InChI is InChI=1S/C29H31N3O7/c1-18-6-3-4-8-23(18)30-29(37)31-24-11-9-19(14-26(24)38-2)15-27(34)32-13-5-7-20(32)17-39-25-12-10-21(33)16-22(25)28(35)36/h3-4,6,8-12,14,16,20,33H,5,7,13,15,17H2,1-2H3,(H,35,36)(H2,30,31,37). The number of anilines is 2. The molecule has 3 aromatic carbocycles. The van der Waals surface area contributed by atoms with Crippen LogP contribution in [-0.4, -0.2) is 59.3 Å². The number of hydrogen-bond donors (Lipinski definition) is 4. The quantitative estimate of drug-likeness (QED) is 0.314. The van der Waals surface area contributed by atoms with E-state index in [0.29, 0.717) is 23.7 Å². The number of hydrogen-bond acceptors (Lipinski definition) is 6. The van der Waals surface area contributed by atoms with Crippen LogP contribution in [0.25, 0.3) is 0 Å². The predicted octanol–water partition coefficient (Wildman–Crippen LogP) is 4.66. The summed E-state index contributed by atoms with van der Waals surface area (Å²) in [7, 11) is 1.49. The number of rotatable bonds is 9. The molecule has 39 heavy (non-hydrogen) atoms. The summed E-state index contributed by atoms with van der Waals surface area (Å²) in [5, 5.41) is 24.6. The number of nitrogens with zero attached hydrogens (tertiary/aromatic N) is 1. The number of benzene rings is 3. The Bertz CT molecular complexity index is 1370. The van der Waals surface area contributed by atoms with Crippen LogP contribution >= 0.6 is 0 Å². The molecular formula is C29H31N3O7. The van der Waals surface area contributed by atoms with E-state index >= 15 is 0 Å². The number of aromatic hydroxyl groups is 1. The van der Waals surface area contributed by atoms with Crippen molar-refractivity contribution >= 4 is 29.3 Å². The molecule has 10 nitrogen and oxygen atoms in total. The Hall–Kier alpha value is -4.73. The minimum absolute atomic E-state index is 0.0923. The van der Waals surface area contributed by atoms with Crippen LogP contribution in [0.4, 0.5) is 16.2 Å². The minimum Gasteiger partial charge on any atom is -0.508 e. The molecule has 3 aromatic rings. The van der Waals surface area contributed by atoms with E-state index in [9.17, 15) is 24.6 Å². The van der Waals surface area contributed by atoms with E-state index in [-0.39, 0.29) is 42.0 Å². The number of carboxylic acids is 1. The molecule has 4 N–H and O–H groups in total. The van der Waals surface area contributed by atoms with Crippen molar-refractivity contribution in [2.45, 2.75) is 32.2 Å². The monoisotopic (exact) mass is 533 g/mol. The highest BCUT2D eigenvalue weighted by Gasteiger charge is 2.30. The second-order valence-corrected chi connectivity index (χ2v) is 9.29. The van der Waals surface area contributed by atoms with Crippen LogP contribution in [0.3, 0.4) is 0 Å². The van der Waals surface area contributed by atoms with Crippen molar-refractivity contribution in [3.8, 4) is 17.2 Å². The summed E-state index contributed by atoms with van der Waals surface area (Å²) in [6.45, 7) is 2.61. The van der Waals surface area contributed by atoms with Gasteiger partial charge < -0.3 is 35.2 Å². The third-order valence-electron chi connectivity index (χ3n) is 6.59. The fourth-order valence-electron chi connectivity index (χ4n) is 4.55. The lowest BCUT2D eigenvalue weighted by Crippen LogP contribution is -2.40. The van der Waals surface area contributed by atoms with Gasteiger partial charge in [-0.3, -0.25) is 4.79 Å². The van der Waals surface area contributed by atoms with Crippen LogP contribution in [0.2, 0.25) is 0 Å². The molecular weight excluding hydrogens is 502 g/mol. The number of phenolic OH excluding ortho intramolecular Hbond substituents is 1. The van der Waals surface area contributed by atoms with Gasteiger partial charge in [0.15, 0.2) is 0 Å². The van der Waals surface area contributed by atoms with E-state index in [4.69, 9.17) is 9.47 Å². The van der Waals surface area contributed by atoms with Crippen molar-refractivity contribution < 1.29 is 34.1 Å². The van der Waals surface area contributed by atoms with Gasteiger partial charge in [0.05, 0.1) is 25.3 Å². The number of aromatic carboxylic acids is 1. The summed E-state index contributed by atoms with van der Waals surface area (Å²) in [6, 6.07) is 15.9. The maximum Gasteiger partial charge on any atom is 0.339 e. The topological polar surface area (TPSA) is 137 Å². The number of likely N-dealkylation sites (tertiary alicyclic amines) is 1. The van der Waals surface area contributed by atoms with Gasteiger partial charge in [0.25, 0.3) is 0 Å². The second kappa shape index (κ2) is 12.2. The van der Waals surface area contributed by atoms with E-state index in [1.165, 1.54) is 19.2 Å². The van der Waals surface area contributed by atoms with Crippen molar-refractivity contribution in [3.05, 3.63) is 77.4 Å². The molecule has 0 aromatic heterocycles. The number of ether oxygens (including phenoxy) is 2. The fourth-order valence-corrected chi connectivity index (χ4v) is 4.55. The van der Waals surface area contributed by atoms with Gasteiger partial charge in [0, 0.05) is 12.2 Å². The van der Waals surface area contributed by atoms with Crippen molar-refractivity contribution in [1.82, 2.24) is 4.90 Å². The molecule has 1 unspecified atom stereocenters. The van der Waals surface area contributed by atoms with E-state index in [1.807, 2.05) is 31.2 Å². The van der Waals surface area contributed by atoms with Gasteiger partial charge >= 0.3 is 12.0 Å². The zero-order valence-electron chi connectivity index (χ0n) is 21.8. The van der Waals surface area contributed by atoms with Crippen LogP contribution in [0.5, 0.6) is 17.2 Å². The summed E-state index contributed by atoms with van der Waals surface area (Å²) in [4.78, 5) is 38.9. The first-order valence-corrected chi connectivity index (χ1v) is 12.5. The van der Waals surface area contributed by atoms with Crippen LogP contribution in [0.15, 0.2) is 60.7 Å². The molecule has 0 spiro atoms. The molecule has 1 fully saturated rings. The molecule has 1 saturated heterocycles. The molecule has 3 amide bonds. The lowest BCUT2D eigenvalue weighted by atomic mass is 10.1. The molecule has 0 aliphatic carbocycles. The average Bonchev–Trinajstić information content (AvgIpc) is 3.39. The largest absolute Gasteiger partial charge is 0.508 e. The van der Waals surface area contributed by atoms with Crippen molar-refractivity contribution in [1.29, 1.82) is 0 Å². The summed E-state index contributed by atoms with van der Waals surface area (Å²) in [5.74, 6) is -0.903. The summed E-state index contributed by atoms with van der Waals surface area (Å²) < 4.78 is 11.2. The molecule has 10 heteroatoms. The van der Waals surface area contributed by atoms with Gasteiger partial charge in [0.2, 0.25) is 5.91 Å². The van der Waals surface area contributed by atoms with Gasteiger partial charge in [-0.25, -0.2) is 9.59 Å². The SMILES string of the molecule is COc1cc(CC(=O)N2CCCC2COc2ccc(O)cc2C(=O)O)ccc1NC(=O)Nc1ccccc1C. The molecule has 1 atom stereocenters. The highest BCUT2D eigenvalue weighted by molar-refractivity contribution is 6.01. The lowest BCUT2D eigenvalue weighted by Gasteiger charge is -2.25. The highest BCUT2D eigenvalue weighted by Crippen LogP contribution is 2.28. The normalized spacial score (nSPS) is 14.5. The first-order valence-electron chi connectivity index (χ1n) is 12.5. The van der Waals surface area contributed by atoms with Crippen LogP contribution < -0.4 is 20.1 Å². The maximum absolute atomic E-state index is 13.2. The third-order valence-corrected chi connectivity index (χ3v) is 6.59. The Labute approximate surface area is 226 Å². The molecule has 204 valence electrons. The van der Waals surface area contributed by atoms with Gasteiger partial charge in [-0.15, -0.1) is 0 Å². The van der Waals surface area contributed by atoms with Crippen LogP contribution in [-0.2, 0) is 11.2 Å². The van der Waals surface area contributed by atoms with E-state index < -0.39 is 12.0 Å². The first-order chi connectivity index (χ1) is 18.7. The minimum atomic E-state index is -1.21. The summed E-state index contributed by atoms with van der Waals surface area (Å²) >= 11 is 0. The van der Waals surface area contributed by atoms with Gasteiger partial charge in [-0.05, 0) is 67.3 Å².